The van der Waals surface area contributed by atoms with Crippen LogP contribution in [-0.2, 0) is 10.2 Å². The summed E-state index contributed by atoms with van der Waals surface area (Å²) in [5.74, 6) is 1.29. The Morgan fingerprint density at radius 2 is 1.70 bits per heavy atom. The second kappa shape index (κ2) is 12.8. The molecule has 0 unspecified atom stereocenters. The number of thioether (sulfide) groups is 1. The van der Waals surface area contributed by atoms with E-state index >= 15 is 0 Å². The fourth-order valence-corrected chi connectivity index (χ4v) is 5.87. The second-order valence-corrected chi connectivity index (χ2v) is 12.8. The van der Waals surface area contributed by atoms with Gasteiger partial charge >= 0.3 is 0 Å². The molecule has 8 nitrogen and oxygen atoms in total. The number of hydrogen-bond donors (Lipinski definition) is 1. The van der Waals surface area contributed by atoms with Crippen LogP contribution < -0.4 is 14.2 Å². The summed E-state index contributed by atoms with van der Waals surface area (Å²) in [5.41, 5.74) is 4.15. The van der Waals surface area contributed by atoms with E-state index in [-0.39, 0.29) is 16.8 Å². The van der Waals surface area contributed by atoms with E-state index < -0.39 is 5.91 Å². The lowest BCUT2D eigenvalue weighted by Crippen LogP contribution is -2.35. The first kappa shape index (κ1) is 30.6. The van der Waals surface area contributed by atoms with Crippen LogP contribution in [0.15, 0.2) is 80.8 Å². The molecule has 1 N–H and O–H groups in total. The van der Waals surface area contributed by atoms with Crippen molar-refractivity contribution >= 4 is 55.7 Å². The van der Waals surface area contributed by atoms with Gasteiger partial charge in [0.05, 0.1) is 16.7 Å². The van der Waals surface area contributed by atoms with Crippen LogP contribution in [0.25, 0.3) is 6.08 Å². The maximum atomic E-state index is 13.0. The average Bonchev–Trinajstić information content (AvgIpc) is 3.39. The summed E-state index contributed by atoms with van der Waals surface area (Å²) in [6.07, 6.45) is 1.62. The number of ether oxygens (including phenoxy) is 3. The Morgan fingerprint density at radius 3 is 2.37 bits per heavy atom. The minimum Gasteiger partial charge on any atom is -0.490 e. The fourth-order valence-electron chi connectivity index (χ4n) is 4.40. The molecule has 0 saturated heterocycles. The third-order valence-corrected chi connectivity index (χ3v) is 8.26. The van der Waals surface area contributed by atoms with Crippen LogP contribution in [0.5, 0.6) is 17.2 Å². The molecule has 0 radical (unpaired) electrons. The van der Waals surface area contributed by atoms with Crippen LogP contribution in [-0.4, -0.2) is 46.8 Å². The smallest absolute Gasteiger partial charge is 0.283 e. The van der Waals surface area contributed by atoms with Crippen molar-refractivity contribution in [3.05, 3.63) is 93.0 Å². The number of fused-ring (bicyclic) bond motifs is 1. The van der Waals surface area contributed by atoms with E-state index in [0.29, 0.717) is 51.6 Å². The molecule has 0 bridgehead atoms. The Bertz CT molecular complexity index is 1640. The highest BCUT2D eigenvalue weighted by Gasteiger charge is 2.36. The van der Waals surface area contributed by atoms with E-state index in [9.17, 15) is 4.79 Å². The minimum atomic E-state index is -0.494. The van der Waals surface area contributed by atoms with E-state index in [0.717, 1.165) is 16.9 Å². The summed E-state index contributed by atoms with van der Waals surface area (Å²) >= 11 is 4.87. The van der Waals surface area contributed by atoms with Gasteiger partial charge in [-0.2, -0.15) is 15.1 Å². The number of carbonyl (C=O) groups is 1. The van der Waals surface area contributed by atoms with Gasteiger partial charge in [-0.25, -0.2) is 0 Å². The van der Waals surface area contributed by atoms with Gasteiger partial charge < -0.3 is 14.2 Å². The van der Waals surface area contributed by atoms with E-state index in [1.54, 1.807) is 12.1 Å². The van der Waals surface area contributed by atoms with Gasteiger partial charge in [-0.15, -0.1) is 0 Å². The Labute approximate surface area is 264 Å². The minimum absolute atomic E-state index is 0.0355. The van der Waals surface area contributed by atoms with E-state index in [2.05, 4.69) is 58.9 Å². The number of nitrogens with one attached hydrogen (secondary N) is 1. The number of amidine groups is 2. The first-order chi connectivity index (χ1) is 20.5. The molecule has 0 aromatic heterocycles. The molecule has 5 rings (SSSR count). The largest absolute Gasteiger partial charge is 0.490 e. The maximum Gasteiger partial charge on any atom is 0.283 e. The van der Waals surface area contributed by atoms with Gasteiger partial charge in [0, 0.05) is 5.56 Å². The van der Waals surface area contributed by atoms with Crippen molar-refractivity contribution in [1.82, 2.24) is 5.01 Å². The SMILES string of the molecule is CCOc1cc(/C=C2/C(=N)N3N=C(c4ccc(C)cc4)SC3=NC2=O)cc(Br)c1OCCOc1ccc(C(C)(C)C)cc1. The number of benzene rings is 3. The molecule has 10 heteroatoms. The highest BCUT2D eigenvalue weighted by Crippen LogP contribution is 2.38. The molecular weight excluding hydrogens is 628 g/mol. The van der Waals surface area contributed by atoms with Crippen LogP contribution in [0.2, 0.25) is 0 Å². The summed E-state index contributed by atoms with van der Waals surface area (Å²) in [6, 6.07) is 19.6. The number of hydrogen-bond acceptors (Lipinski definition) is 7. The van der Waals surface area contributed by atoms with Gasteiger partial charge in [-0.3, -0.25) is 10.2 Å². The normalized spacial score (nSPS) is 15.8. The molecule has 0 atom stereocenters. The number of carbonyl (C=O) groups excluding carboxylic acids is 1. The first-order valence-corrected chi connectivity index (χ1v) is 15.5. The Hall–Kier alpha value is -3.89. The molecule has 0 saturated carbocycles. The Kier molecular flexibility index (Phi) is 9.08. The second-order valence-electron chi connectivity index (χ2n) is 11.0. The number of aryl methyl sites for hydroxylation is 1. The predicted octanol–water partition coefficient (Wildman–Crippen LogP) is 7.58. The van der Waals surface area contributed by atoms with Crippen molar-refractivity contribution in [3.8, 4) is 17.2 Å². The number of hydrazone groups is 1. The summed E-state index contributed by atoms with van der Waals surface area (Å²) in [6.45, 7) is 11.5. The van der Waals surface area contributed by atoms with Crippen LogP contribution >= 0.6 is 27.7 Å². The standard InChI is InChI=1S/C33H33BrN4O4S/c1-6-40-27-19-21(18-26(34)28(27)42-16-15-41-24-13-11-23(12-14-24)33(3,4)5)17-25-29(35)38-32(36-30(25)39)43-31(37-38)22-9-7-20(2)8-10-22/h7-14,17-19,35H,6,15-16H2,1-5H3/b25-17-,35-29?. The molecule has 1 amide bonds. The molecule has 2 aliphatic heterocycles. The first-order valence-electron chi connectivity index (χ1n) is 13.9. The predicted molar refractivity (Wildman–Crippen MR) is 177 cm³/mol. The van der Waals surface area contributed by atoms with Crippen LogP contribution in [0.3, 0.4) is 0 Å². The molecular formula is C33H33BrN4O4S. The average molecular weight is 662 g/mol. The van der Waals surface area contributed by atoms with E-state index in [4.69, 9.17) is 19.6 Å². The zero-order valence-corrected chi connectivity index (χ0v) is 27.1. The fraction of sp³-hybridized carbons (Fsp3) is 0.273. The van der Waals surface area contributed by atoms with Crippen LogP contribution in [0.4, 0.5) is 0 Å². The van der Waals surface area contributed by atoms with Crippen LogP contribution in [0, 0.1) is 12.3 Å². The van der Waals surface area contributed by atoms with Gasteiger partial charge in [0.2, 0.25) is 5.17 Å². The van der Waals surface area contributed by atoms with Crippen molar-refractivity contribution in [3.63, 3.8) is 0 Å². The topological polar surface area (TPSA) is 96.6 Å². The Morgan fingerprint density at radius 1 is 1.00 bits per heavy atom. The highest BCUT2D eigenvalue weighted by atomic mass is 79.9. The lowest BCUT2D eigenvalue weighted by Gasteiger charge is -2.20. The third-order valence-electron chi connectivity index (χ3n) is 6.71. The zero-order valence-electron chi connectivity index (χ0n) is 24.7. The van der Waals surface area contributed by atoms with E-state index in [1.807, 2.05) is 56.3 Å². The van der Waals surface area contributed by atoms with E-state index in [1.165, 1.54) is 22.3 Å². The molecule has 222 valence electrons. The third kappa shape index (κ3) is 7.02. The number of amides is 1. The van der Waals surface area contributed by atoms with Crippen molar-refractivity contribution in [1.29, 1.82) is 5.41 Å². The molecule has 0 spiro atoms. The van der Waals surface area contributed by atoms with Gasteiger partial charge in [0.25, 0.3) is 5.91 Å². The van der Waals surface area contributed by atoms with Gasteiger partial charge in [0.1, 0.15) is 24.0 Å². The van der Waals surface area contributed by atoms with Crippen molar-refractivity contribution in [2.24, 2.45) is 10.1 Å². The van der Waals surface area contributed by atoms with Crippen molar-refractivity contribution in [2.45, 2.75) is 40.0 Å². The molecule has 3 aromatic rings. The monoisotopic (exact) mass is 660 g/mol. The quantitative estimate of drug-likeness (QED) is 0.188. The summed E-state index contributed by atoms with van der Waals surface area (Å²) in [5, 5.41) is 15.8. The zero-order chi connectivity index (χ0) is 30.7. The van der Waals surface area contributed by atoms with Crippen molar-refractivity contribution in [2.75, 3.05) is 19.8 Å². The molecule has 3 aromatic carbocycles. The maximum absolute atomic E-state index is 13.0. The summed E-state index contributed by atoms with van der Waals surface area (Å²) in [4.78, 5) is 17.2. The molecule has 0 fully saturated rings. The van der Waals surface area contributed by atoms with Gasteiger partial charge in [-0.1, -0.05) is 62.7 Å². The molecule has 2 aliphatic rings. The summed E-state index contributed by atoms with van der Waals surface area (Å²) < 4.78 is 18.4. The molecule has 0 aliphatic carbocycles. The Balaban J connectivity index is 1.30. The van der Waals surface area contributed by atoms with Gasteiger partial charge in [0.15, 0.2) is 17.3 Å². The number of aliphatic imine (C=N–C) groups is 1. The lowest BCUT2D eigenvalue weighted by atomic mass is 9.87. The van der Waals surface area contributed by atoms with Crippen molar-refractivity contribution < 1.29 is 19.0 Å². The number of halogens is 1. The summed E-state index contributed by atoms with van der Waals surface area (Å²) in [7, 11) is 0. The number of nitrogens with zero attached hydrogens (tertiary/aromatic N) is 3. The molecule has 43 heavy (non-hydrogen) atoms. The van der Waals surface area contributed by atoms with Crippen LogP contribution in [0.1, 0.15) is 49.9 Å². The number of rotatable bonds is 9. The highest BCUT2D eigenvalue weighted by molar-refractivity contribution is 9.10. The van der Waals surface area contributed by atoms with Gasteiger partial charge in [-0.05, 0) is 88.4 Å². The lowest BCUT2D eigenvalue weighted by molar-refractivity contribution is -0.114. The molecule has 2 heterocycles.